The zero-order valence-electron chi connectivity index (χ0n) is 9.48. The van der Waals surface area contributed by atoms with Crippen LogP contribution in [0.15, 0.2) is 22.7 Å². The van der Waals surface area contributed by atoms with Gasteiger partial charge < -0.3 is 19.7 Å². The highest BCUT2D eigenvalue weighted by atomic mass is 19.1. The lowest BCUT2D eigenvalue weighted by molar-refractivity contribution is 0.171. The van der Waals surface area contributed by atoms with Crippen LogP contribution in [0.3, 0.4) is 0 Å². The lowest BCUT2D eigenvalue weighted by Crippen LogP contribution is -2.16. The Morgan fingerprint density at radius 1 is 1.22 bits per heavy atom. The van der Waals surface area contributed by atoms with Gasteiger partial charge in [0.25, 0.3) is 0 Å². The molecule has 0 fully saturated rings. The van der Waals surface area contributed by atoms with Gasteiger partial charge >= 0.3 is 0 Å². The normalized spacial score (nSPS) is 13.6. The van der Waals surface area contributed by atoms with E-state index in [1.54, 1.807) is 18.2 Å². The van der Waals surface area contributed by atoms with Crippen molar-refractivity contribution in [1.29, 1.82) is 0 Å². The van der Waals surface area contributed by atoms with Gasteiger partial charge in [-0.2, -0.15) is 0 Å². The van der Waals surface area contributed by atoms with E-state index < -0.39 is 6.67 Å². The molecule has 94 valence electrons. The second-order valence-corrected chi connectivity index (χ2v) is 3.92. The maximum Gasteiger partial charge on any atom is 0.172 e. The first-order chi connectivity index (χ1) is 8.78. The summed E-state index contributed by atoms with van der Waals surface area (Å²) in [6.07, 6.45) is 0. The third kappa shape index (κ3) is 1.75. The number of hydrogen-bond donors (Lipinski definition) is 1. The number of ether oxygens (including phenoxy) is 2. The van der Waals surface area contributed by atoms with Gasteiger partial charge in [0.2, 0.25) is 0 Å². The van der Waals surface area contributed by atoms with Crippen molar-refractivity contribution in [2.75, 3.05) is 18.9 Å². The van der Waals surface area contributed by atoms with Crippen LogP contribution >= 0.6 is 0 Å². The molecule has 0 saturated carbocycles. The van der Waals surface area contributed by atoms with Gasteiger partial charge in [-0.1, -0.05) is 5.16 Å². The number of alkyl halides is 1. The molecule has 0 aliphatic carbocycles. The lowest BCUT2D eigenvalue weighted by Gasteiger charge is -2.21. The molecule has 1 aromatic heterocycles. The second kappa shape index (κ2) is 4.21. The van der Waals surface area contributed by atoms with E-state index in [1.807, 2.05) is 0 Å². The number of fused-ring (bicyclic) bond motifs is 1. The minimum atomic E-state index is -0.590. The number of nitrogen functional groups attached to an aromatic ring is 1. The fraction of sp³-hybridized carbons (Fsp3) is 0.250. The summed E-state index contributed by atoms with van der Waals surface area (Å²) in [5.74, 6) is 1.75. The number of hydrogen-bond acceptors (Lipinski definition) is 5. The fourth-order valence-corrected chi connectivity index (χ4v) is 1.89. The Bertz CT molecular complexity index is 583. The van der Waals surface area contributed by atoms with Crippen molar-refractivity contribution >= 4 is 5.82 Å². The van der Waals surface area contributed by atoms with Crippen LogP contribution in [0, 0.1) is 0 Å². The Morgan fingerprint density at radius 3 is 2.78 bits per heavy atom. The van der Waals surface area contributed by atoms with Crippen LogP contribution in [-0.2, 0) is 6.67 Å². The summed E-state index contributed by atoms with van der Waals surface area (Å²) < 4.78 is 28.9. The minimum absolute atomic E-state index is 0.265. The van der Waals surface area contributed by atoms with Gasteiger partial charge in [0.1, 0.15) is 19.9 Å². The minimum Gasteiger partial charge on any atom is -0.486 e. The quantitative estimate of drug-likeness (QED) is 0.884. The number of aromatic nitrogens is 1. The zero-order chi connectivity index (χ0) is 12.5. The molecule has 1 aliphatic heterocycles. The van der Waals surface area contributed by atoms with Crippen molar-refractivity contribution in [3.63, 3.8) is 0 Å². The van der Waals surface area contributed by atoms with E-state index in [0.717, 1.165) is 0 Å². The molecule has 6 heteroatoms. The van der Waals surface area contributed by atoms with E-state index in [2.05, 4.69) is 5.16 Å². The molecule has 5 nitrogen and oxygen atoms in total. The number of anilines is 1. The highest BCUT2D eigenvalue weighted by molar-refractivity contribution is 5.72. The monoisotopic (exact) mass is 250 g/mol. The molecule has 3 rings (SSSR count). The van der Waals surface area contributed by atoms with Crippen molar-refractivity contribution < 1.29 is 18.4 Å². The van der Waals surface area contributed by atoms with Crippen LogP contribution in [0.25, 0.3) is 11.3 Å². The molecule has 0 radical (unpaired) electrons. The summed E-state index contributed by atoms with van der Waals surface area (Å²) in [5.41, 5.74) is 6.60. The van der Waals surface area contributed by atoms with Crippen molar-refractivity contribution in [2.45, 2.75) is 6.67 Å². The topological polar surface area (TPSA) is 70.5 Å². The lowest BCUT2D eigenvalue weighted by atomic mass is 10.1. The number of nitrogens with two attached hydrogens (primary N) is 1. The van der Waals surface area contributed by atoms with Gasteiger partial charge in [-0.15, -0.1) is 0 Å². The smallest absolute Gasteiger partial charge is 0.172 e. The molecule has 0 amide bonds. The Kier molecular flexibility index (Phi) is 2.55. The highest BCUT2D eigenvalue weighted by Crippen LogP contribution is 2.41. The SMILES string of the molecule is Nc1cc(-c2cc(CF)cc3c2OCCO3)on1. The third-order valence-electron chi connectivity index (χ3n) is 2.65. The predicted octanol–water partition coefficient (Wildman–Crippen LogP) is 2.16. The van der Waals surface area contributed by atoms with Crippen LogP contribution in [0.1, 0.15) is 5.56 Å². The van der Waals surface area contributed by atoms with E-state index in [4.69, 9.17) is 19.7 Å². The first-order valence-electron chi connectivity index (χ1n) is 5.49. The number of nitrogens with zero attached hydrogens (tertiary/aromatic N) is 1. The first-order valence-corrected chi connectivity index (χ1v) is 5.49. The van der Waals surface area contributed by atoms with Crippen LogP contribution in [0.2, 0.25) is 0 Å². The van der Waals surface area contributed by atoms with Gasteiger partial charge in [-0.05, 0) is 17.7 Å². The van der Waals surface area contributed by atoms with Gasteiger partial charge in [0.15, 0.2) is 23.1 Å². The fourth-order valence-electron chi connectivity index (χ4n) is 1.89. The summed E-state index contributed by atoms with van der Waals surface area (Å²) in [6, 6.07) is 4.83. The average Bonchev–Trinajstić information content (AvgIpc) is 2.84. The number of halogens is 1. The Labute approximate surface area is 102 Å². The average molecular weight is 250 g/mol. The molecule has 0 unspecified atom stereocenters. The molecule has 1 aromatic carbocycles. The molecular weight excluding hydrogens is 239 g/mol. The molecule has 1 aliphatic rings. The van der Waals surface area contributed by atoms with Gasteiger partial charge in [-0.25, -0.2) is 4.39 Å². The van der Waals surface area contributed by atoms with Crippen LogP contribution in [0.5, 0.6) is 11.5 Å². The van der Waals surface area contributed by atoms with Crippen molar-refractivity contribution in [2.24, 2.45) is 0 Å². The van der Waals surface area contributed by atoms with Gasteiger partial charge in [0.05, 0.1) is 5.56 Å². The summed E-state index contributed by atoms with van der Waals surface area (Å²) in [7, 11) is 0. The van der Waals surface area contributed by atoms with E-state index >= 15 is 0 Å². The highest BCUT2D eigenvalue weighted by Gasteiger charge is 2.21. The van der Waals surface area contributed by atoms with Crippen LogP contribution < -0.4 is 15.2 Å². The van der Waals surface area contributed by atoms with Crippen molar-refractivity contribution in [1.82, 2.24) is 5.16 Å². The third-order valence-corrected chi connectivity index (χ3v) is 2.65. The molecule has 0 atom stereocenters. The predicted molar refractivity (Wildman–Crippen MR) is 62.2 cm³/mol. The van der Waals surface area contributed by atoms with Crippen molar-refractivity contribution in [3.8, 4) is 22.8 Å². The standard InChI is InChI=1S/C12H11FN2O3/c13-6-7-3-8(9-5-11(14)15-18-9)12-10(4-7)16-1-2-17-12/h3-5H,1-2,6H2,(H2,14,15). The molecule has 2 aromatic rings. The summed E-state index contributed by atoms with van der Waals surface area (Å²) in [5, 5.41) is 3.61. The van der Waals surface area contributed by atoms with Crippen LogP contribution in [0.4, 0.5) is 10.2 Å². The van der Waals surface area contributed by atoms with Gasteiger partial charge in [0, 0.05) is 6.07 Å². The van der Waals surface area contributed by atoms with E-state index in [1.165, 1.54) is 0 Å². The number of rotatable bonds is 2. The molecule has 2 heterocycles. The van der Waals surface area contributed by atoms with Crippen LogP contribution in [-0.4, -0.2) is 18.4 Å². The Morgan fingerprint density at radius 2 is 2.06 bits per heavy atom. The molecular formula is C12H11FN2O3. The Balaban J connectivity index is 2.17. The maximum atomic E-state index is 12.8. The van der Waals surface area contributed by atoms with E-state index in [9.17, 15) is 4.39 Å². The molecule has 18 heavy (non-hydrogen) atoms. The summed E-state index contributed by atoms with van der Waals surface area (Å²) >= 11 is 0. The molecule has 2 N–H and O–H groups in total. The Hall–Kier alpha value is -2.24. The second-order valence-electron chi connectivity index (χ2n) is 3.92. The zero-order valence-corrected chi connectivity index (χ0v) is 9.48. The molecule has 0 saturated heterocycles. The van der Waals surface area contributed by atoms with E-state index in [0.29, 0.717) is 41.6 Å². The summed E-state index contributed by atoms with van der Waals surface area (Å²) in [4.78, 5) is 0. The first kappa shape index (κ1) is 10.9. The van der Waals surface area contributed by atoms with Gasteiger partial charge in [-0.3, -0.25) is 0 Å². The largest absolute Gasteiger partial charge is 0.486 e. The van der Waals surface area contributed by atoms with Crippen molar-refractivity contribution in [3.05, 3.63) is 23.8 Å². The maximum absolute atomic E-state index is 12.8. The summed E-state index contributed by atoms with van der Waals surface area (Å²) in [6.45, 7) is 0.298. The molecule has 0 spiro atoms. The molecule has 0 bridgehead atoms. The van der Waals surface area contributed by atoms with E-state index in [-0.39, 0.29) is 5.82 Å². The number of benzene rings is 1.